The Labute approximate surface area is 88.9 Å². The second-order valence-corrected chi connectivity index (χ2v) is 3.88. The van der Waals surface area contributed by atoms with Gasteiger partial charge in [0.25, 0.3) is 0 Å². The monoisotopic (exact) mass is 212 g/mol. The Hall–Kier alpha value is -1.52. The molecule has 2 amide bonds. The zero-order valence-corrected chi connectivity index (χ0v) is 9.16. The van der Waals surface area contributed by atoms with E-state index in [0.717, 1.165) is 0 Å². The highest BCUT2D eigenvalue weighted by Crippen LogP contribution is 2.18. The lowest BCUT2D eigenvalue weighted by Crippen LogP contribution is -2.54. The van der Waals surface area contributed by atoms with Crippen LogP contribution in [-0.4, -0.2) is 24.1 Å². The van der Waals surface area contributed by atoms with Gasteiger partial charge in [0.1, 0.15) is 5.92 Å². The number of amides is 2. The van der Waals surface area contributed by atoms with E-state index in [1.807, 2.05) is 0 Å². The molecule has 0 aromatic rings. The molecule has 1 aliphatic heterocycles. The molecule has 0 unspecified atom stereocenters. The second-order valence-electron chi connectivity index (χ2n) is 3.88. The van der Waals surface area contributed by atoms with Gasteiger partial charge in [0.05, 0.1) is 6.10 Å². The van der Waals surface area contributed by atoms with Crippen molar-refractivity contribution in [3.63, 3.8) is 0 Å². The van der Waals surface area contributed by atoms with E-state index in [2.05, 4.69) is 17.2 Å². The van der Waals surface area contributed by atoms with Crippen LogP contribution in [0.5, 0.6) is 0 Å². The van der Waals surface area contributed by atoms with Crippen LogP contribution in [0, 0.1) is 5.92 Å². The summed E-state index contributed by atoms with van der Waals surface area (Å²) < 4.78 is 5.07. The first-order valence-corrected chi connectivity index (χ1v) is 4.88. The molecule has 2 atom stereocenters. The van der Waals surface area contributed by atoms with Crippen LogP contribution in [0.25, 0.3) is 0 Å². The molecule has 84 valence electrons. The maximum Gasteiger partial charge on any atom is 0.319 e. The lowest BCUT2D eigenvalue weighted by Gasteiger charge is -2.30. The number of ether oxygens (including phenoxy) is 1. The quantitative estimate of drug-likeness (QED) is 0.664. The predicted molar refractivity (Wildman–Crippen MR) is 55.0 cm³/mol. The van der Waals surface area contributed by atoms with Crippen LogP contribution in [0.15, 0.2) is 12.3 Å². The van der Waals surface area contributed by atoms with Crippen LogP contribution in [0.1, 0.15) is 20.8 Å². The fourth-order valence-electron chi connectivity index (χ4n) is 1.50. The van der Waals surface area contributed by atoms with Crippen molar-refractivity contribution in [1.29, 1.82) is 0 Å². The molecule has 1 rings (SSSR count). The molecule has 1 fully saturated rings. The summed E-state index contributed by atoms with van der Waals surface area (Å²) in [5, 5.41) is 5.07. The average molecular weight is 212 g/mol. The van der Waals surface area contributed by atoms with E-state index < -0.39 is 5.92 Å². The Bertz CT molecular complexity index is 299. The summed E-state index contributed by atoms with van der Waals surface area (Å²) in [5.74, 6) is -0.889. The van der Waals surface area contributed by atoms with Gasteiger partial charge < -0.3 is 15.4 Å². The molecule has 0 saturated carbocycles. The van der Waals surface area contributed by atoms with E-state index in [9.17, 15) is 9.59 Å². The lowest BCUT2D eigenvalue weighted by atomic mass is 9.96. The van der Waals surface area contributed by atoms with Crippen LogP contribution >= 0.6 is 0 Å². The van der Waals surface area contributed by atoms with Gasteiger partial charge in [-0.1, -0.05) is 6.58 Å². The minimum atomic E-state index is -0.523. The highest BCUT2D eigenvalue weighted by molar-refractivity contribution is 5.84. The van der Waals surface area contributed by atoms with Gasteiger partial charge in [-0.05, 0) is 20.8 Å². The fourth-order valence-corrected chi connectivity index (χ4v) is 1.50. The first kappa shape index (κ1) is 11.6. The van der Waals surface area contributed by atoms with Crippen molar-refractivity contribution in [3.8, 4) is 0 Å². The highest BCUT2D eigenvalue weighted by atomic mass is 16.5. The topological polar surface area (TPSA) is 67.4 Å². The van der Waals surface area contributed by atoms with Crippen molar-refractivity contribution >= 4 is 12.0 Å². The molecule has 5 heteroatoms. The molecule has 1 aliphatic rings. The van der Waals surface area contributed by atoms with Crippen molar-refractivity contribution in [2.24, 2.45) is 5.92 Å². The number of carbonyl (C=O) groups excluding carboxylic acids is 2. The Morgan fingerprint density at radius 1 is 1.53 bits per heavy atom. The molecule has 0 radical (unpaired) electrons. The third-order valence-corrected chi connectivity index (χ3v) is 2.11. The number of rotatable bonds is 2. The highest BCUT2D eigenvalue weighted by Gasteiger charge is 2.35. The van der Waals surface area contributed by atoms with Crippen LogP contribution in [-0.2, 0) is 9.53 Å². The molecule has 15 heavy (non-hydrogen) atoms. The maximum atomic E-state index is 11.7. The summed E-state index contributed by atoms with van der Waals surface area (Å²) in [6.45, 7) is 8.95. The van der Waals surface area contributed by atoms with Gasteiger partial charge in [-0.3, -0.25) is 4.79 Å². The van der Waals surface area contributed by atoms with E-state index in [1.165, 1.54) is 0 Å². The molecular weight excluding hydrogens is 196 g/mol. The maximum absolute atomic E-state index is 11.7. The fraction of sp³-hybridized carbons (Fsp3) is 0.600. The Kier molecular flexibility index (Phi) is 3.34. The van der Waals surface area contributed by atoms with Crippen LogP contribution in [0.3, 0.4) is 0 Å². The molecule has 5 nitrogen and oxygen atoms in total. The summed E-state index contributed by atoms with van der Waals surface area (Å²) in [4.78, 5) is 22.7. The number of hydrogen-bond acceptors (Lipinski definition) is 3. The van der Waals surface area contributed by atoms with Crippen molar-refractivity contribution in [2.75, 3.05) is 0 Å². The number of hydrogen-bond donors (Lipinski definition) is 2. The van der Waals surface area contributed by atoms with Gasteiger partial charge in [-0.15, -0.1) is 0 Å². The molecule has 1 saturated heterocycles. The summed E-state index contributed by atoms with van der Waals surface area (Å²) in [6, 6.07) is -0.626. The molecule has 0 aromatic carbocycles. The van der Waals surface area contributed by atoms with Gasteiger partial charge >= 0.3 is 12.0 Å². The van der Waals surface area contributed by atoms with E-state index in [1.54, 1.807) is 20.8 Å². The minimum absolute atomic E-state index is 0.171. The first-order chi connectivity index (χ1) is 6.91. The first-order valence-electron chi connectivity index (χ1n) is 4.88. The van der Waals surface area contributed by atoms with Crippen LogP contribution in [0.4, 0.5) is 4.79 Å². The Morgan fingerprint density at radius 2 is 2.13 bits per heavy atom. The number of nitrogens with one attached hydrogen (secondary N) is 2. The van der Waals surface area contributed by atoms with Gasteiger partial charge in [0.15, 0.2) is 0 Å². The van der Waals surface area contributed by atoms with Gasteiger partial charge in [0.2, 0.25) is 0 Å². The van der Waals surface area contributed by atoms with Crippen molar-refractivity contribution < 1.29 is 14.3 Å². The predicted octanol–water partition coefficient (Wildman–Crippen LogP) is 0.769. The van der Waals surface area contributed by atoms with Crippen LogP contribution in [0.2, 0.25) is 0 Å². The normalized spacial score (nSPS) is 25.9. The summed E-state index contributed by atoms with van der Waals surface area (Å²) >= 11 is 0. The smallest absolute Gasteiger partial charge is 0.319 e. The van der Waals surface area contributed by atoms with Crippen molar-refractivity contribution in [3.05, 3.63) is 12.3 Å². The largest absolute Gasteiger partial charge is 0.462 e. The zero-order chi connectivity index (χ0) is 11.6. The summed E-state index contributed by atoms with van der Waals surface area (Å²) in [5.41, 5.74) is 0.386. The van der Waals surface area contributed by atoms with Crippen molar-refractivity contribution in [2.45, 2.75) is 32.9 Å². The third-order valence-electron chi connectivity index (χ3n) is 2.11. The molecule has 0 bridgehead atoms. The number of urea groups is 1. The van der Waals surface area contributed by atoms with Crippen LogP contribution < -0.4 is 10.6 Å². The SMILES string of the molecule is C=C1NC(=O)N[C@H](C)[C@H]1C(=O)OC(C)C. The molecule has 0 aromatic heterocycles. The molecule has 0 aliphatic carbocycles. The second kappa shape index (κ2) is 4.33. The number of esters is 1. The zero-order valence-electron chi connectivity index (χ0n) is 9.16. The minimum Gasteiger partial charge on any atom is -0.462 e. The van der Waals surface area contributed by atoms with E-state index >= 15 is 0 Å². The van der Waals surface area contributed by atoms with E-state index in [0.29, 0.717) is 5.70 Å². The van der Waals surface area contributed by atoms with Gasteiger partial charge in [-0.25, -0.2) is 4.79 Å². The molecule has 1 heterocycles. The standard InChI is InChI=1S/C10H16N2O3/c1-5(2)15-9(13)8-6(3)11-10(14)12-7(8)4/h5,7-8H,3H2,1-2,4H3,(H2,11,12,14)/t7-,8+/m1/s1. The number of carbonyl (C=O) groups is 2. The van der Waals surface area contributed by atoms with Gasteiger partial charge in [-0.2, -0.15) is 0 Å². The summed E-state index contributed by atoms with van der Waals surface area (Å²) in [6.07, 6.45) is -0.171. The third kappa shape index (κ3) is 2.71. The van der Waals surface area contributed by atoms with Gasteiger partial charge in [0, 0.05) is 11.7 Å². The Balaban J connectivity index is 2.71. The molecular formula is C10H16N2O3. The molecule has 0 spiro atoms. The van der Waals surface area contributed by atoms with Crippen molar-refractivity contribution in [1.82, 2.24) is 10.6 Å². The lowest BCUT2D eigenvalue weighted by molar-refractivity contribution is -0.152. The summed E-state index contributed by atoms with van der Waals surface area (Å²) in [7, 11) is 0. The average Bonchev–Trinajstić information content (AvgIpc) is 1.99. The molecule has 2 N–H and O–H groups in total. The van der Waals surface area contributed by atoms with E-state index in [4.69, 9.17) is 4.74 Å². The Morgan fingerprint density at radius 3 is 2.60 bits per heavy atom. The van der Waals surface area contributed by atoms with E-state index in [-0.39, 0.29) is 24.1 Å².